The highest BCUT2D eigenvalue weighted by Gasteiger charge is 2.62. The van der Waals surface area contributed by atoms with Crippen LogP contribution in [0.15, 0.2) is 66.7 Å². The van der Waals surface area contributed by atoms with Gasteiger partial charge in [-0.1, -0.05) is 73.5 Å². The molecule has 3 aromatic rings. The zero-order chi connectivity index (χ0) is 38.3. The van der Waals surface area contributed by atoms with Crippen LogP contribution in [0.3, 0.4) is 0 Å². The normalized spacial score (nSPS) is 27.2. The van der Waals surface area contributed by atoms with Gasteiger partial charge >= 0.3 is 6.09 Å². The molecule has 12 nitrogen and oxygen atoms in total. The number of fused-ring (bicyclic) bond motifs is 4. The number of ether oxygens (including phenoxy) is 2. The molecular formula is C41H50N4O8S. The van der Waals surface area contributed by atoms with E-state index in [1.54, 1.807) is 20.8 Å². The summed E-state index contributed by atoms with van der Waals surface area (Å²) in [5.74, 6) is -2.19. The molecule has 2 heterocycles. The summed E-state index contributed by atoms with van der Waals surface area (Å²) in [7, 11) is -3.87. The predicted molar refractivity (Wildman–Crippen MR) is 205 cm³/mol. The Hall–Kier alpha value is -4.49. The summed E-state index contributed by atoms with van der Waals surface area (Å²) in [6.07, 6.45) is 7.19. The monoisotopic (exact) mass is 758 g/mol. The molecule has 0 unspecified atom stereocenters. The molecule has 7 rings (SSSR count). The first-order chi connectivity index (χ1) is 25.7. The summed E-state index contributed by atoms with van der Waals surface area (Å²) in [6, 6.07) is 16.3. The highest BCUT2D eigenvalue weighted by molar-refractivity contribution is 7.91. The fourth-order valence-corrected chi connectivity index (χ4v) is 9.16. The number of sulfonamides is 1. The molecule has 3 aromatic carbocycles. The van der Waals surface area contributed by atoms with Gasteiger partial charge in [-0.05, 0) is 92.5 Å². The fourth-order valence-electron chi connectivity index (χ4n) is 7.80. The SMILES string of the molecule is CC(C)(C)OC(=O)N[C@H]1CCCCC/C=C\[C@@H]2C[C@@]2(C(=O)NS(=O)(=O)C2CC2)NC(=O)[C@@H]2C[C@@H](OCc3c4ccccc4cc4ccccc34)CN2C1=O. The highest BCUT2D eigenvalue weighted by atomic mass is 32.2. The van der Waals surface area contributed by atoms with Crippen LogP contribution in [0.25, 0.3) is 21.5 Å². The largest absolute Gasteiger partial charge is 0.444 e. The molecule has 0 aromatic heterocycles. The number of allylic oxidation sites excluding steroid dienone is 1. The predicted octanol–water partition coefficient (Wildman–Crippen LogP) is 5.38. The van der Waals surface area contributed by atoms with Gasteiger partial charge in [0, 0.05) is 18.9 Å². The van der Waals surface area contributed by atoms with Gasteiger partial charge < -0.3 is 25.0 Å². The van der Waals surface area contributed by atoms with Gasteiger partial charge in [0.2, 0.25) is 21.8 Å². The Kier molecular flexibility index (Phi) is 10.5. The minimum absolute atomic E-state index is 0.0741. The lowest BCUT2D eigenvalue weighted by Crippen LogP contribution is -2.58. The van der Waals surface area contributed by atoms with E-state index >= 15 is 0 Å². The molecule has 3 N–H and O–H groups in total. The Morgan fingerprint density at radius 3 is 2.31 bits per heavy atom. The van der Waals surface area contributed by atoms with Crippen molar-refractivity contribution in [2.24, 2.45) is 5.92 Å². The van der Waals surface area contributed by atoms with E-state index in [4.69, 9.17) is 9.47 Å². The Morgan fingerprint density at radius 1 is 0.963 bits per heavy atom. The van der Waals surface area contributed by atoms with Gasteiger partial charge in [0.05, 0.1) is 18.0 Å². The molecule has 2 aliphatic heterocycles. The number of carbonyl (C=O) groups excluding carboxylic acids is 4. The second kappa shape index (κ2) is 15.0. The van der Waals surface area contributed by atoms with Crippen molar-refractivity contribution in [2.75, 3.05) is 6.54 Å². The number of nitrogens with one attached hydrogen (secondary N) is 3. The minimum atomic E-state index is -3.87. The van der Waals surface area contributed by atoms with Crippen LogP contribution in [0.5, 0.6) is 0 Å². The summed E-state index contributed by atoms with van der Waals surface area (Å²) in [5, 5.41) is 9.30. The van der Waals surface area contributed by atoms with Crippen molar-refractivity contribution in [1.82, 2.24) is 20.3 Å². The standard InChI is InChI=1S/C41H50N4O8S/c1-40(2,3)53-39(49)42-34-18-8-6-4-5-7-15-28-23-41(28,38(48)44-54(50,51)30-19-20-30)43-36(46)35-22-29(24-45(35)37(34)47)52-25-33-31-16-11-9-13-26(31)21-27-14-10-12-17-32(27)33/h7,9-17,21,28-30,34-35H,4-6,8,18-20,22-25H2,1-3H3,(H,42,49)(H,43,46)(H,44,48)/b15-7-/t28-,29-,34+,35+,41-/m1/s1. The molecular weight excluding hydrogens is 709 g/mol. The fraction of sp³-hybridized carbons (Fsp3) is 0.512. The first-order valence-corrected chi connectivity index (χ1v) is 20.6. The molecule has 0 bridgehead atoms. The number of carbonyl (C=O) groups is 4. The maximum Gasteiger partial charge on any atom is 0.408 e. The van der Waals surface area contributed by atoms with Gasteiger partial charge in [-0.25, -0.2) is 13.2 Å². The Balaban J connectivity index is 1.18. The molecule has 54 heavy (non-hydrogen) atoms. The third kappa shape index (κ3) is 8.27. The quantitative estimate of drug-likeness (QED) is 0.214. The van der Waals surface area contributed by atoms with Gasteiger partial charge in [-0.2, -0.15) is 0 Å². The minimum Gasteiger partial charge on any atom is -0.444 e. The molecule has 0 spiro atoms. The first kappa shape index (κ1) is 37.8. The average Bonchev–Trinajstić information content (AvgIpc) is 4.04. The van der Waals surface area contributed by atoms with E-state index in [1.165, 1.54) is 4.90 Å². The summed E-state index contributed by atoms with van der Waals surface area (Å²) < 4.78 is 40.0. The lowest BCUT2D eigenvalue weighted by Gasteiger charge is -2.30. The summed E-state index contributed by atoms with van der Waals surface area (Å²) in [6.45, 7) is 5.53. The topological polar surface area (TPSA) is 160 Å². The maximum absolute atomic E-state index is 14.5. The molecule has 2 saturated carbocycles. The van der Waals surface area contributed by atoms with Gasteiger partial charge in [-0.15, -0.1) is 0 Å². The number of amides is 4. The smallest absolute Gasteiger partial charge is 0.408 e. The van der Waals surface area contributed by atoms with Crippen LogP contribution in [0.1, 0.15) is 84.1 Å². The summed E-state index contributed by atoms with van der Waals surface area (Å²) in [5.41, 5.74) is -1.27. The van der Waals surface area contributed by atoms with Gasteiger partial charge in [0.1, 0.15) is 23.2 Å². The van der Waals surface area contributed by atoms with Crippen molar-refractivity contribution in [3.05, 3.63) is 72.3 Å². The lowest BCUT2D eigenvalue weighted by atomic mass is 9.97. The number of benzene rings is 3. The second-order valence-corrected chi connectivity index (χ2v) is 18.1. The maximum atomic E-state index is 14.5. The molecule has 1 saturated heterocycles. The van der Waals surface area contributed by atoms with Crippen molar-refractivity contribution in [3.8, 4) is 0 Å². The van der Waals surface area contributed by atoms with Crippen molar-refractivity contribution in [3.63, 3.8) is 0 Å². The van der Waals surface area contributed by atoms with Crippen molar-refractivity contribution in [2.45, 2.75) is 120 Å². The number of hydrogen-bond donors (Lipinski definition) is 3. The van der Waals surface area contributed by atoms with Crippen molar-refractivity contribution < 1.29 is 37.1 Å². The van der Waals surface area contributed by atoms with Crippen molar-refractivity contribution in [1.29, 1.82) is 0 Å². The molecule has 2 aliphatic carbocycles. The van der Waals surface area contributed by atoms with E-state index in [9.17, 15) is 27.6 Å². The van der Waals surface area contributed by atoms with Crippen LogP contribution in [0.4, 0.5) is 4.79 Å². The number of alkyl carbamates (subject to hydrolysis) is 1. The van der Waals surface area contributed by atoms with Gasteiger partial charge in [-0.3, -0.25) is 19.1 Å². The van der Waals surface area contributed by atoms with Gasteiger partial charge in [0.15, 0.2) is 0 Å². The Morgan fingerprint density at radius 2 is 1.65 bits per heavy atom. The van der Waals surface area contributed by atoms with Crippen LogP contribution < -0.4 is 15.4 Å². The second-order valence-electron chi connectivity index (χ2n) is 16.2. The third-order valence-corrected chi connectivity index (χ3v) is 12.7. The summed E-state index contributed by atoms with van der Waals surface area (Å²) in [4.78, 5) is 57.1. The molecule has 13 heteroatoms. The molecule has 5 atom stereocenters. The van der Waals surface area contributed by atoms with Crippen molar-refractivity contribution >= 4 is 55.4 Å². The van der Waals surface area contributed by atoms with E-state index in [0.29, 0.717) is 32.1 Å². The van der Waals surface area contributed by atoms with E-state index in [2.05, 4.69) is 45.7 Å². The zero-order valence-electron chi connectivity index (χ0n) is 31.1. The van der Waals surface area contributed by atoms with Gasteiger partial charge in [0.25, 0.3) is 5.91 Å². The first-order valence-electron chi connectivity index (χ1n) is 19.1. The van der Waals surface area contributed by atoms with Crippen LogP contribution >= 0.6 is 0 Å². The average molecular weight is 759 g/mol. The number of hydrogen-bond acceptors (Lipinski definition) is 8. The zero-order valence-corrected chi connectivity index (χ0v) is 32.0. The number of rotatable bonds is 7. The van der Waals surface area contributed by atoms with Crippen LogP contribution in [-0.2, 0) is 40.5 Å². The van der Waals surface area contributed by atoms with E-state index < -0.39 is 74.3 Å². The van der Waals surface area contributed by atoms with E-state index in [1.807, 2.05) is 36.4 Å². The van der Waals surface area contributed by atoms with E-state index in [-0.39, 0.29) is 26.0 Å². The Bertz CT molecular complexity index is 2040. The van der Waals surface area contributed by atoms with Crippen LogP contribution in [0, 0.1) is 5.92 Å². The molecule has 288 valence electrons. The van der Waals surface area contributed by atoms with E-state index in [0.717, 1.165) is 39.9 Å². The van der Waals surface area contributed by atoms with Crippen LogP contribution in [-0.4, -0.2) is 78.3 Å². The highest BCUT2D eigenvalue weighted by Crippen LogP contribution is 2.46. The molecule has 4 amide bonds. The lowest BCUT2D eigenvalue weighted by molar-refractivity contribution is -0.141. The number of nitrogens with zero attached hydrogens (tertiary/aromatic N) is 1. The third-order valence-electron chi connectivity index (χ3n) is 10.9. The summed E-state index contributed by atoms with van der Waals surface area (Å²) >= 11 is 0. The molecule has 4 aliphatic rings. The van der Waals surface area contributed by atoms with Crippen LogP contribution in [0.2, 0.25) is 0 Å². The Labute approximate surface area is 316 Å². The molecule has 0 radical (unpaired) electrons. The molecule has 3 fully saturated rings.